The number of hydrogen-bond acceptors (Lipinski definition) is 3. The lowest BCUT2D eigenvalue weighted by Gasteiger charge is -2.32. The van der Waals surface area contributed by atoms with Crippen molar-refractivity contribution in [3.05, 3.63) is 29.8 Å². The van der Waals surface area contributed by atoms with Gasteiger partial charge in [-0.25, -0.2) is 0 Å². The highest BCUT2D eigenvalue weighted by Gasteiger charge is 2.24. The maximum absolute atomic E-state index is 12.6. The number of nitrogens with one attached hydrogen (secondary N) is 2. The molecule has 1 aromatic carbocycles. The van der Waals surface area contributed by atoms with Gasteiger partial charge in [0.1, 0.15) is 0 Å². The number of benzene rings is 1. The van der Waals surface area contributed by atoms with Crippen LogP contribution >= 0.6 is 0 Å². The zero-order valence-electron chi connectivity index (χ0n) is 15.2. The minimum absolute atomic E-state index is 0.0424. The fourth-order valence-electron chi connectivity index (χ4n) is 3.00. The van der Waals surface area contributed by atoms with Gasteiger partial charge in [0.05, 0.1) is 0 Å². The number of likely N-dealkylation sites (tertiary alicyclic amines) is 1. The van der Waals surface area contributed by atoms with Crippen molar-refractivity contribution in [1.29, 1.82) is 0 Å². The molecule has 0 radical (unpaired) electrons. The summed E-state index contributed by atoms with van der Waals surface area (Å²) in [7, 11) is 0. The largest absolute Gasteiger partial charge is 0.353 e. The molecule has 0 spiro atoms. The Morgan fingerprint density at radius 3 is 2.48 bits per heavy atom. The third kappa shape index (κ3) is 5.89. The van der Waals surface area contributed by atoms with Gasteiger partial charge in [-0.3, -0.25) is 14.4 Å². The quantitative estimate of drug-likeness (QED) is 0.860. The molecule has 136 valence electrons. The first kappa shape index (κ1) is 19.0. The van der Waals surface area contributed by atoms with E-state index in [2.05, 4.69) is 10.6 Å². The van der Waals surface area contributed by atoms with Crippen molar-refractivity contribution in [1.82, 2.24) is 10.2 Å². The monoisotopic (exact) mass is 345 g/mol. The Morgan fingerprint density at radius 2 is 1.88 bits per heavy atom. The van der Waals surface area contributed by atoms with Crippen LogP contribution in [0.5, 0.6) is 0 Å². The second-order valence-corrected chi connectivity index (χ2v) is 6.99. The molecule has 1 aromatic rings. The highest BCUT2D eigenvalue weighted by Crippen LogP contribution is 2.17. The Labute approximate surface area is 149 Å². The van der Waals surface area contributed by atoms with Crippen molar-refractivity contribution in [2.45, 2.75) is 46.1 Å². The molecule has 1 fully saturated rings. The van der Waals surface area contributed by atoms with Gasteiger partial charge in [-0.05, 0) is 37.0 Å². The van der Waals surface area contributed by atoms with E-state index in [4.69, 9.17) is 0 Å². The zero-order valence-corrected chi connectivity index (χ0v) is 15.2. The number of rotatable bonds is 5. The van der Waals surface area contributed by atoms with Crippen molar-refractivity contribution in [3.8, 4) is 0 Å². The van der Waals surface area contributed by atoms with Crippen LogP contribution in [-0.4, -0.2) is 41.8 Å². The van der Waals surface area contributed by atoms with Crippen molar-refractivity contribution in [2.24, 2.45) is 5.92 Å². The first-order chi connectivity index (χ1) is 11.8. The maximum Gasteiger partial charge on any atom is 0.253 e. The molecule has 1 aliphatic heterocycles. The second kappa shape index (κ2) is 8.65. The van der Waals surface area contributed by atoms with E-state index in [1.165, 1.54) is 6.92 Å². The molecule has 2 rings (SSSR count). The van der Waals surface area contributed by atoms with Crippen LogP contribution < -0.4 is 10.6 Å². The minimum Gasteiger partial charge on any atom is -0.353 e. The molecule has 25 heavy (non-hydrogen) atoms. The summed E-state index contributed by atoms with van der Waals surface area (Å²) in [6, 6.07) is 7.11. The van der Waals surface area contributed by atoms with Crippen molar-refractivity contribution in [2.75, 3.05) is 18.4 Å². The molecule has 0 bridgehead atoms. The summed E-state index contributed by atoms with van der Waals surface area (Å²) in [5, 5.41) is 5.75. The van der Waals surface area contributed by atoms with Crippen LogP contribution in [0.3, 0.4) is 0 Å². The highest BCUT2D eigenvalue weighted by molar-refractivity contribution is 5.96. The molecule has 0 unspecified atom stereocenters. The van der Waals surface area contributed by atoms with Crippen LogP contribution in [0, 0.1) is 5.92 Å². The Hall–Kier alpha value is -2.37. The number of piperidine rings is 1. The average molecular weight is 345 g/mol. The molecular formula is C19H27N3O3. The first-order valence-corrected chi connectivity index (χ1v) is 8.81. The highest BCUT2D eigenvalue weighted by atomic mass is 16.2. The molecule has 0 atom stereocenters. The van der Waals surface area contributed by atoms with E-state index < -0.39 is 0 Å². The second-order valence-electron chi connectivity index (χ2n) is 6.99. The van der Waals surface area contributed by atoms with Gasteiger partial charge in [-0.1, -0.05) is 19.9 Å². The van der Waals surface area contributed by atoms with Crippen molar-refractivity contribution >= 4 is 23.4 Å². The van der Waals surface area contributed by atoms with Crippen LogP contribution in [0.15, 0.2) is 24.3 Å². The van der Waals surface area contributed by atoms with E-state index >= 15 is 0 Å². The molecule has 1 heterocycles. The van der Waals surface area contributed by atoms with E-state index in [9.17, 15) is 14.4 Å². The van der Waals surface area contributed by atoms with Gasteiger partial charge in [0, 0.05) is 43.7 Å². The average Bonchev–Trinajstić information content (AvgIpc) is 2.53. The number of hydrogen-bond donors (Lipinski definition) is 2. The number of anilines is 1. The summed E-state index contributed by atoms with van der Waals surface area (Å²) in [5.74, 6) is 0.224. The fraction of sp³-hybridized carbons (Fsp3) is 0.526. The lowest BCUT2D eigenvalue weighted by atomic mass is 10.0. The molecule has 3 amide bonds. The lowest BCUT2D eigenvalue weighted by Crippen LogP contribution is -2.46. The number of nitrogens with zero attached hydrogens (tertiary/aromatic N) is 1. The molecular weight excluding hydrogens is 318 g/mol. The molecule has 0 saturated carbocycles. The Kier molecular flexibility index (Phi) is 6.56. The van der Waals surface area contributed by atoms with Crippen molar-refractivity contribution < 1.29 is 14.4 Å². The summed E-state index contributed by atoms with van der Waals surface area (Å²) >= 11 is 0. The standard InChI is InChI=1S/C19H27N3O3/c1-13(2)11-18(24)21-16-7-9-22(10-8-16)19(25)15-5-4-6-17(12-15)20-14(3)23/h4-6,12-13,16H,7-11H2,1-3H3,(H,20,23)(H,21,24). The van der Waals surface area contributed by atoms with E-state index in [0.717, 1.165) is 12.8 Å². The maximum atomic E-state index is 12.6. The predicted molar refractivity (Wildman–Crippen MR) is 97.3 cm³/mol. The van der Waals surface area contributed by atoms with Gasteiger partial charge in [0.25, 0.3) is 5.91 Å². The van der Waals surface area contributed by atoms with Crippen molar-refractivity contribution in [3.63, 3.8) is 0 Å². The summed E-state index contributed by atoms with van der Waals surface area (Å²) in [4.78, 5) is 37.4. The molecule has 0 aliphatic carbocycles. The smallest absolute Gasteiger partial charge is 0.253 e. The van der Waals surface area contributed by atoms with Crippen LogP contribution in [0.25, 0.3) is 0 Å². The van der Waals surface area contributed by atoms with E-state index in [1.54, 1.807) is 29.2 Å². The van der Waals surface area contributed by atoms with Gasteiger partial charge in [-0.2, -0.15) is 0 Å². The van der Waals surface area contributed by atoms with Crippen LogP contribution in [0.1, 0.15) is 50.4 Å². The lowest BCUT2D eigenvalue weighted by molar-refractivity contribution is -0.122. The van der Waals surface area contributed by atoms with Gasteiger partial charge >= 0.3 is 0 Å². The molecule has 0 aromatic heterocycles. The SMILES string of the molecule is CC(=O)Nc1cccc(C(=O)N2CCC(NC(=O)CC(C)C)CC2)c1. The van der Waals surface area contributed by atoms with E-state index in [0.29, 0.717) is 36.7 Å². The third-order valence-electron chi connectivity index (χ3n) is 4.17. The molecule has 1 saturated heterocycles. The Morgan fingerprint density at radius 1 is 1.20 bits per heavy atom. The minimum atomic E-state index is -0.164. The summed E-state index contributed by atoms with van der Waals surface area (Å²) < 4.78 is 0. The normalized spacial score (nSPS) is 15.1. The van der Waals surface area contributed by atoms with E-state index in [1.807, 2.05) is 13.8 Å². The Bertz CT molecular complexity index is 635. The van der Waals surface area contributed by atoms with Gasteiger partial charge in [0.2, 0.25) is 11.8 Å². The van der Waals surface area contributed by atoms with Crippen LogP contribution in [-0.2, 0) is 9.59 Å². The first-order valence-electron chi connectivity index (χ1n) is 8.81. The van der Waals surface area contributed by atoms with Gasteiger partial charge in [0.15, 0.2) is 0 Å². The zero-order chi connectivity index (χ0) is 18.4. The van der Waals surface area contributed by atoms with Crippen LogP contribution in [0.2, 0.25) is 0 Å². The number of carbonyl (C=O) groups is 3. The number of amides is 3. The predicted octanol–water partition coefficient (Wildman–Crippen LogP) is 2.41. The fourth-order valence-corrected chi connectivity index (χ4v) is 3.00. The molecule has 1 aliphatic rings. The molecule has 6 heteroatoms. The van der Waals surface area contributed by atoms with Gasteiger partial charge < -0.3 is 15.5 Å². The van der Waals surface area contributed by atoms with E-state index in [-0.39, 0.29) is 23.8 Å². The summed E-state index contributed by atoms with van der Waals surface area (Å²) in [6.45, 7) is 6.73. The molecule has 6 nitrogen and oxygen atoms in total. The van der Waals surface area contributed by atoms with Gasteiger partial charge in [-0.15, -0.1) is 0 Å². The Balaban J connectivity index is 1.89. The summed E-state index contributed by atoms with van der Waals surface area (Å²) in [5.41, 5.74) is 1.18. The number of carbonyl (C=O) groups excluding carboxylic acids is 3. The summed E-state index contributed by atoms with van der Waals surface area (Å²) in [6.07, 6.45) is 2.07. The topological polar surface area (TPSA) is 78.5 Å². The van der Waals surface area contributed by atoms with Crippen LogP contribution in [0.4, 0.5) is 5.69 Å². The third-order valence-corrected chi connectivity index (χ3v) is 4.17. The molecule has 2 N–H and O–H groups in total.